The molecule has 0 aromatic rings. The maximum Gasteiger partial charge on any atom is 0.405 e. The number of allylic oxidation sites excluding steroid dienone is 4. The zero-order valence-corrected chi connectivity index (χ0v) is 32.4. The fraction of sp³-hybridized carbons (Fsp3) is 0.615. The van der Waals surface area contributed by atoms with Crippen LogP contribution in [-0.2, 0) is 28.6 Å². The summed E-state index contributed by atoms with van der Waals surface area (Å²) in [6.45, 7) is 10.0. The molecule has 0 unspecified atom stereocenters. The number of unbranched alkanes of at least 4 members (excludes halogenated alkanes) is 5. The van der Waals surface area contributed by atoms with Gasteiger partial charge in [0, 0.05) is 57.0 Å². The van der Waals surface area contributed by atoms with E-state index in [1.165, 1.54) is 39.6 Å². The van der Waals surface area contributed by atoms with Crippen LogP contribution in [0.1, 0.15) is 86.0 Å². The molecule has 296 valence electrons. The number of hydrogen-bond acceptors (Lipinski definition) is 10. The van der Waals surface area contributed by atoms with Gasteiger partial charge in [0.1, 0.15) is 6.10 Å². The van der Waals surface area contributed by atoms with E-state index in [0.29, 0.717) is 18.5 Å². The first-order valence-electron chi connectivity index (χ1n) is 18.6. The molecule has 14 nitrogen and oxygen atoms in total. The summed E-state index contributed by atoms with van der Waals surface area (Å²) in [5, 5.41) is 22.6. The molecule has 0 radical (unpaired) electrons. The number of Topliss-reactive ketones (excluding diaryl/α,β-unsaturated/α-hetero) is 1. The molecule has 0 saturated carbocycles. The number of methoxy groups -OCH3 is 2. The Morgan fingerprint density at radius 1 is 0.981 bits per heavy atom. The number of amides is 4. The van der Waals surface area contributed by atoms with E-state index in [2.05, 4.69) is 28.2 Å². The van der Waals surface area contributed by atoms with Gasteiger partial charge < -0.3 is 46.3 Å². The van der Waals surface area contributed by atoms with Crippen molar-refractivity contribution >= 4 is 29.6 Å². The van der Waals surface area contributed by atoms with E-state index in [1.807, 2.05) is 6.92 Å². The van der Waals surface area contributed by atoms with Crippen LogP contribution in [0.4, 0.5) is 9.59 Å². The molecule has 2 rings (SSSR count). The van der Waals surface area contributed by atoms with E-state index < -0.39 is 53.9 Å². The van der Waals surface area contributed by atoms with Gasteiger partial charge in [-0.05, 0) is 44.6 Å². The number of aliphatic hydroxyl groups excluding tert-OH is 1. The number of carbonyl (C=O) groups is 5. The molecule has 0 aromatic heterocycles. The SMILES string of the molecule is CCCCCCCCNC(=O)NCCNC1=C2C[C@@H](C)C[C@H](OC)[C@H](O)[C@@H](C)/C=C(\C)[C@H](OC(N)=O)[C@@H](OC)/C=C\C=C(/C)C(=O)NC(=CC1=O)C2=O. The smallest absolute Gasteiger partial charge is 0.405 e. The monoisotopic (exact) mass is 743 g/mol. The van der Waals surface area contributed by atoms with Crippen LogP contribution >= 0.6 is 0 Å². The molecular formula is C39H61N5O9. The van der Waals surface area contributed by atoms with E-state index in [-0.39, 0.29) is 54.0 Å². The number of primary amides is 1. The lowest BCUT2D eigenvalue weighted by Gasteiger charge is -2.30. The lowest BCUT2D eigenvalue weighted by molar-refractivity contribution is -0.120. The van der Waals surface area contributed by atoms with Gasteiger partial charge in [-0.15, -0.1) is 0 Å². The van der Waals surface area contributed by atoms with E-state index in [4.69, 9.17) is 19.9 Å². The van der Waals surface area contributed by atoms with Crippen LogP contribution in [0.2, 0.25) is 0 Å². The Morgan fingerprint density at radius 3 is 2.32 bits per heavy atom. The number of hydrogen-bond donors (Lipinski definition) is 6. The van der Waals surface area contributed by atoms with Crippen molar-refractivity contribution in [1.82, 2.24) is 21.3 Å². The fourth-order valence-corrected chi connectivity index (χ4v) is 6.31. The highest BCUT2D eigenvalue weighted by molar-refractivity contribution is 6.23. The first kappa shape index (κ1) is 44.9. The summed E-state index contributed by atoms with van der Waals surface area (Å²) in [7, 11) is 2.91. The van der Waals surface area contributed by atoms with Crippen LogP contribution in [0.3, 0.4) is 0 Å². The Balaban J connectivity index is 2.35. The molecule has 4 amide bonds. The zero-order chi connectivity index (χ0) is 39.5. The number of ketones is 2. The largest absolute Gasteiger partial charge is 0.439 e. The molecule has 2 aliphatic rings. The number of fused-ring (bicyclic) bond motifs is 2. The average molecular weight is 744 g/mol. The highest BCUT2D eigenvalue weighted by Gasteiger charge is 2.33. The van der Waals surface area contributed by atoms with Gasteiger partial charge in [0.15, 0.2) is 6.10 Å². The zero-order valence-electron chi connectivity index (χ0n) is 32.4. The second kappa shape index (κ2) is 23.4. The van der Waals surface area contributed by atoms with Gasteiger partial charge in [0.05, 0.1) is 23.6 Å². The summed E-state index contributed by atoms with van der Waals surface area (Å²) in [4.78, 5) is 64.7. The summed E-state index contributed by atoms with van der Waals surface area (Å²) in [6, 6.07) is -0.315. The highest BCUT2D eigenvalue weighted by Crippen LogP contribution is 2.29. The summed E-state index contributed by atoms with van der Waals surface area (Å²) in [5.41, 5.74) is 6.26. The second-order valence-corrected chi connectivity index (χ2v) is 13.8. The Labute approximate surface area is 314 Å². The Hall–Kier alpha value is -4.27. The van der Waals surface area contributed by atoms with Crippen molar-refractivity contribution in [2.45, 2.75) is 110 Å². The maximum absolute atomic E-state index is 13.9. The van der Waals surface area contributed by atoms with E-state index in [0.717, 1.165) is 25.3 Å². The summed E-state index contributed by atoms with van der Waals surface area (Å²) in [6.07, 6.45) is 10.2. The fourth-order valence-electron chi connectivity index (χ4n) is 6.31. The molecule has 0 fully saturated rings. The maximum atomic E-state index is 13.9. The predicted molar refractivity (Wildman–Crippen MR) is 202 cm³/mol. The third-order valence-electron chi connectivity index (χ3n) is 9.32. The van der Waals surface area contributed by atoms with Crippen molar-refractivity contribution in [3.8, 4) is 0 Å². The summed E-state index contributed by atoms with van der Waals surface area (Å²) >= 11 is 0. The van der Waals surface area contributed by atoms with Gasteiger partial charge in [-0.25, -0.2) is 9.59 Å². The number of rotatable bonds is 14. The number of nitrogens with two attached hydrogens (primary N) is 1. The first-order valence-corrected chi connectivity index (χ1v) is 18.6. The highest BCUT2D eigenvalue weighted by atomic mass is 16.6. The Kier molecular flexibility index (Phi) is 19.8. The van der Waals surface area contributed by atoms with Crippen LogP contribution in [0.15, 0.2) is 58.5 Å². The molecule has 1 aliphatic heterocycles. The quantitative estimate of drug-likeness (QED) is 0.0856. The third kappa shape index (κ3) is 14.9. The topological polar surface area (TPSA) is 207 Å². The molecular weight excluding hydrogens is 682 g/mol. The van der Waals surface area contributed by atoms with Gasteiger partial charge in [-0.1, -0.05) is 77.2 Å². The van der Waals surface area contributed by atoms with Crippen molar-refractivity contribution in [3.63, 3.8) is 0 Å². The molecule has 1 aliphatic carbocycles. The Bertz CT molecular complexity index is 1430. The van der Waals surface area contributed by atoms with Crippen molar-refractivity contribution < 1.29 is 43.3 Å². The van der Waals surface area contributed by atoms with Gasteiger partial charge in [0.25, 0.3) is 5.91 Å². The number of nitrogens with one attached hydrogen (secondary N) is 4. The second-order valence-electron chi connectivity index (χ2n) is 13.8. The van der Waals surface area contributed by atoms with Gasteiger partial charge >= 0.3 is 12.1 Å². The normalized spacial score (nSPS) is 27.4. The van der Waals surface area contributed by atoms with Crippen LogP contribution in [0.25, 0.3) is 0 Å². The van der Waals surface area contributed by atoms with E-state index in [1.54, 1.807) is 39.0 Å². The van der Waals surface area contributed by atoms with Crippen molar-refractivity contribution in [2.24, 2.45) is 17.6 Å². The van der Waals surface area contributed by atoms with Crippen LogP contribution in [0.5, 0.6) is 0 Å². The number of aliphatic hydroxyl groups is 1. The predicted octanol–water partition coefficient (Wildman–Crippen LogP) is 4.01. The molecule has 1 heterocycles. The van der Waals surface area contributed by atoms with E-state index >= 15 is 0 Å². The van der Waals surface area contributed by atoms with Gasteiger partial charge in [0.2, 0.25) is 11.6 Å². The van der Waals surface area contributed by atoms with Crippen LogP contribution in [0, 0.1) is 11.8 Å². The Morgan fingerprint density at radius 2 is 1.66 bits per heavy atom. The van der Waals surface area contributed by atoms with Gasteiger partial charge in [-0.3, -0.25) is 14.4 Å². The summed E-state index contributed by atoms with van der Waals surface area (Å²) in [5.74, 6) is -2.37. The van der Waals surface area contributed by atoms with E-state index in [9.17, 15) is 29.1 Å². The molecule has 53 heavy (non-hydrogen) atoms. The molecule has 2 bridgehead atoms. The van der Waals surface area contributed by atoms with Crippen molar-refractivity contribution in [1.29, 1.82) is 0 Å². The minimum absolute atomic E-state index is 0.0859. The number of ether oxygens (including phenoxy) is 3. The lowest BCUT2D eigenvalue weighted by Crippen LogP contribution is -2.41. The molecule has 14 heteroatoms. The third-order valence-corrected chi connectivity index (χ3v) is 9.32. The molecule has 6 atom stereocenters. The number of urea groups is 1. The van der Waals surface area contributed by atoms with Crippen molar-refractivity contribution in [2.75, 3.05) is 33.9 Å². The molecule has 0 aromatic carbocycles. The molecule has 7 N–H and O–H groups in total. The minimum atomic E-state index is -1.01. The van der Waals surface area contributed by atoms with Crippen LogP contribution in [-0.4, -0.2) is 93.0 Å². The lowest BCUT2D eigenvalue weighted by atomic mass is 9.85. The van der Waals surface area contributed by atoms with Crippen LogP contribution < -0.4 is 27.0 Å². The number of carbonyl (C=O) groups excluding carboxylic acids is 5. The van der Waals surface area contributed by atoms with Crippen molar-refractivity contribution in [3.05, 3.63) is 58.5 Å². The molecule has 0 saturated heterocycles. The average Bonchev–Trinajstić information content (AvgIpc) is 3.11. The van der Waals surface area contributed by atoms with Gasteiger partial charge in [-0.2, -0.15) is 0 Å². The standard InChI is InChI=1S/C39H61N5O9/c1-8-9-10-11-12-13-17-42-39(50)43-19-18-41-33-28-20-24(2)21-32(52-7)34(46)26(4)22-27(5)36(53-38(40)49)31(51-6)16-14-15-25(3)37(48)44-29(35(28)47)23-30(33)45/h14-16,22-24,26,31-32,34,36,41,46H,8-13,17-21H2,1-7H3,(H2,40,49)(H,44,48)(H2,42,43,50)/b16-14-,25-15+,27-22+/t24-,26+,31+,32+,34-,36+/m1/s1. The minimum Gasteiger partial charge on any atom is -0.439 e. The summed E-state index contributed by atoms with van der Waals surface area (Å²) < 4.78 is 16.7. The molecule has 0 spiro atoms. The first-order chi connectivity index (χ1) is 25.2.